The molecule has 0 atom stereocenters. The second kappa shape index (κ2) is 4.41. The molecule has 0 spiro atoms. The maximum Gasteiger partial charge on any atom is 0.428 e. The van der Waals surface area contributed by atoms with Crippen LogP contribution in [0.15, 0.2) is 5.10 Å². The summed E-state index contributed by atoms with van der Waals surface area (Å²) in [6.45, 7) is 6.58. The topological polar surface area (TPSA) is 59.9 Å². The van der Waals surface area contributed by atoms with E-state index in [1.165, 1.54) is 0 Å². The van der Waals surface area contributed by atoms with Gasteiger partial charge < -0.3 is 9.47 Å². The van der Waals surface area contributed by atoms with Gasteiger partial charge in [-0.1, -0.05) is 0 Å². The van der Waals surface area contributed by atoms with Crippen LogP contribution in [0.2, 0.25) is 0 Å². The molecule has 1 saturated heterocycles. The van der Waals surface area contributed by atoms with Crippen LogP contribution in [-0.2, 0) is 9.47 Å². The van der Waals surface area contributed by atoms with Gasteiger partial charge in [0.2, 0.25) is 0 Å². The summed E-state index contributed by atoms with van der Waals surface area (Å²) in [6.07, 6.45) is 0.243. The zero-order valence-electron chi connectivity index (χ0n) is 8.79. The summed E-state index contributed by atoms with van der Waals surface area (Å²) >= 11 is 0. The van der Waals surface area contributed by atoms with E-state index in [4.69, 9.17) is 9.47 Å². The Balaban J connectivity index is 2.30. The van der Waals surface area contributed by atoms with E-state index in [0.717, 1.165) is 12.1 Å². The van der Waals surface area contributed by atoms with Crippen LogP contribution in [0.5, 0.6) is 0 Å². The van der Waals surface area contributed by atoms with Crippen LogP contribution in [0.1, 0.15) is 27.2 Å². The summed E-state index contributed by atoms with van der Waals surface area (Å²) in [5, 5.41) is 3.87. The van der Waals surface area contributed by atoms with E-state index in [9.17, 15) is 4.79 Å². The van der Waals surface area contributed by atoms with Gasteiger partial charge in [-0.15, -0.1) is 0 Å². The Hall–Kier alpha value is -1.10. The minimum Gasteiger partial charge on any atom is -0.443 e. The predicted octanol–water partition coefficient (Wildman–Crippen LogP) is 1.29. The number of nitrogens with zero attached hydrogens (tertiary/aromatic N) is 1. The molecule has 80 valence electrons. The third-order valence-electron chi connectivity index (χ3n) is 1.51. The molecule has 5 nitrogen and oxygen atoms in total. The smallest absolute Gasteiger partial charge is 0.428 e. The normalized spacial score (nSPS) is 19.8. The molecule has 0 aliphatic carbocycles. The number of carbonyl (C=O) groups is 1. The van der Waals surface area contributed by atoms with E-state index >= 15 is 0 Å². The maximum atomic E-state index is 11.1. The molecular weight excluding hydrogens is 184 g/mol. The number of rotatable bonds is 1. The van der Waals surface area contributed by atoms with Crippen LogP contribution in [0, 0.1) is 0 Å². The number of amides is 1. The van der Waals surface area contributed by atoms with Crippen molar-refractivity contribution in [1.82, 2.24) is 5.43 Å². The zero-order valence-corrected chi connectivity index (χ0v) is 8.79. The fourth-order valence-electron chi connectivity index (χ4n) is 0.966. The monoisotopic (exact) mass is 200 g/mol. The van der Waals surface area contributed by atoms with Gasteiger partial charge in [0, 0.05) is 6.42 Å². The zero-order chi connectivity index (χ0) is 10.6. The van der Waals surface area contributed by atoms with E-state index in [1.807, 2.05) is 0 Å². The Kier molecular flexibility index (Phi) is 3.46. The van der Waals surface area contributed by atoms with Gasteiger partial charge in [0.05, 0.1) is 18.9 Å². The molecule has 1 aliphatic rings. The maximum absolute atomic E-state index is 11.1. The van der Waals surface area contributed by atoms with Gasteiger partial charge in [0.15, 0.2) is 0 Å². The lowest BCUT2D eigenvalue weighted by molar-refractivity contribution is 0.0529. The Labute approximate surface area is 83.5 Å². The Bertz CT molecular complexity index is 235. The van der Waals surface area contributed by atoms with Gasteiger partial charge in [0.1, 0.15) is 5.60 Å². The number of hydrogen-bond acceptors (Lipinski definition) is 4. The number of nitrogens with one attached hydrogen (secondary N) is 1. The molecule has 1 aliphatic heterocycles. The van der Waals surface area contributed by atoms with E-state index in [0.29, 0.717) is 13.2 Å². The average Bonchev–Trinajstić information content (AvgIpc) is 2.49. The summed E-state index contributed by atoms with van der Waals surface area (Å²) in [6, 6.07) is 0. The second-order valence-corrected chi connectivity index (χ2v) is 4.09. The second-order valence-electron chi connectivity index (χ2n) is 4.09. The van der Waals surface area contributed by atoms with Gasteiger partial charge in [-0.2, -0.15) is 5.10 Å². The Morgan fingerprint density at radius 2 is 2.29 bits per heavy atom. The number of hydrazone groups is 1. The van der Waals surface area contributed by atoms with Crippen molar-refractivity contribution in [2.24, 2.45) is 5.10 Å². The van der Waals surface area contributed by atoms with Crippen LogP contribution < -0.4 is 5.43 Å². The minimum absolute atomic E-state index is 0.490. The highest BCUT2D eigenvalue weighted by Crippen LogP contribution is 2.06. The van der Waals surface area contributed by atoms with Crippen molar-refractivity contribution < 1.29 is 14.3 Å². The number of hydrogen-bond donors (Lipinski definition) is 1. The molecule has 0 saturated carbocycles. The van der Waals surface area contributed by atoms with Crippen LogP contribution in [0.25, 0.3) is 0 Å². The molecular formula is C9H16N2O3. The van der Waals surface area contributed by atoms with Crippen LogP contribution in [-0.4, -0.2) is 30.6 Å². The number of ether oxygens (including phenoxy) is 2. The van der Waals surface area contributed by atoms with Gasteiger partial charge >= 0.3 is 6.09 Å². The SMILES string of the molecule is CC(C)(C)OC(=O)N/N=C1/CCOC1. The molecule has 1 fully saturated rings. The van der Waals surface area contributed by atoms with E-state index in [1.54, 1.807) is 20.8 Å². The molecule has 0 bridgehead atoms. The first-order chi connectivity index (χ1) is 6.47. The van der Waals surface area contributed by atoms with Gasteiger partial charge in [-0.25, -0.2) is 10.2 Å². The summed E-state index contributed by atoms with van der Waals surface area (Å²) in [4.78, 5) is 11.1. The number of carbonyl (C=O) groups excluding carboxylic acids is 1. The standard InChI is InChI=1S/C9H16N2O3/c1-9(2,3)14-8(12)11-10-7-4-5-13-6-7/h4-6H2,1-3H3,(H,11,12)/b10-7-. The molecule has 1 amide bonds. The lowest BCUT2D eigenvalue weighted by Gasteiger charge is -2.18. The molecule has 0 unspecified atom stereocenters. The van der Waals surface area contributed by atoms with Crippen LogP contribution in [0.4, 0.5) is 4.79 Å². The molecule has 1 heterocycles. The molecule has 5 heteroatoms. The first-order valence-corrected chi connectivity index (χ1v) is 4.59. The van der Waals surface area contributed by atoms with Crippen LogP contribution >= 0.6 is 0 Å². The van der Waals surface area contributed by atoms with E-state index in [-0.39, 0.29) is 0 Å². The molecule has 0 aromatic rings. The lowest BCUT2D eigenvalue weighted by atomic mass is 10.2. The fraction of sp³-hybridized carbons (Fsp3) is 0.778. The summed E-state index contributed by atoms with van der Waals surface area (Å²) in [5.74, 6) is 0. The highest BCUT2D eigenvalue weighted by molar-refractivity contribution is 5.87. The molecule has 1 rings (SSSR count). The van der Waals surface area contributed by atoms with Crippen molar-refractivity contribution in [3.05, 3.63) is 0 Å². The Morgan fingerprint density at radius 3 is 2.79 bits per heavy atom. The lowest BCUT2D eigenvalue weighted by Crippen LogP contribution is -2.30. The molecule has 1 N–H and O–H groups in total. The summed E-state index contributed by atoms with van der Waals surface area (Å²) < 4.78 is 10.1. The molecule has 0 aromatic carbocycles. The van der Waals surface area contributed by atoms with Gasteiger partial charge in [0.25, 0.3) is 0 Å². The minimum atomic E-state index is -0.531. The van der Waals surface area contributed by atoms with Crippen molar-refractivity contribution in [3.8, 4) is 0 Å². The van der Waals surface area contributed by atoms with Gasteiger partial charge in [-0.05, 0) is 20.8 Å². The Morgan fingerprint density at radius 1 is 1.57 bits per heavy atom. The largest absolute Gasteiger partial charge is 0.443 e. The summed E-state index contributed by atoms with van der Waals surface area (Å²) in [5.41, 5.74) is 2.68. The van der Waals surface area contributed by atoms with E-state index < -0.39 is 11.7 Å². The third-order valence-corrected chi connectivity index (χ3v) is 1.51. The highest BCUT2D eigenvalue weighted by Gasteiger charge is 2.16. The predicted molar refractivity (Wildman–Crippen MR) is 52.2 cm³/mol. The van der Waals surface area contributed by atoms with E-state index in [2.05, 4.69) is 10.5 Å². The summed E-state index contributed by atoms with van der Waals surface area (Å²) in [7, 11) is 0. The molecule has 0 radical (unpaired) electrons. The van der Waals surface area contributed by atoms with Gasteiger partial charge in [-0.3, -0.25) is 0 Å². The van der Waals surface area contributed by atoms with Crippen molar-refractivity contribution >= 4 is 11.8 Å². The fourth-order valence-corrected chi connectivity index (χ4v) is 0.966. The quantitative estimate of drug-likeness (QED) is 0.649. The first kappa shape index (κ1) is 11.0. The van der Waals surface area contributed by atoms with Crippen molar-refractivity contribution in [3.63, 3.8) is 0 Å². The molecule has 14 heavy (non-hydrogen) atoms. The average molecular weight is 200 g/mol. The first-order valence-electron chi connectivity index (χ1n) is 4.59. The van der Waals surface area contributed by atoms with Crippen molar-refractivity contribution in [1.29, 1.82) is 0 Å². The highest BCUT2D eigenvalue weighted by atomic mass is 16.6. The third kappa shape index (κ3) is 4.23. The van der Waals surface area contributed by atoms with Crippen molar-refractivity contribution in [2.45, 2.75) is 32.8 Å². The van der Waals surface area contributed by atoms with Crippen LogP contribution in [0.3, 0.4) is 0 Å². The van der Waals surface area contributed by atoms with Crippen molar-refractivity contribution in [2.75, 3.05) is 13.2 Å². The molecule has 0 aromatic heterocycles.